The number of carbonyl (C=O) groups excluding carboxylic acids is 3. The highest BCUT2D eigenvalue weighted by Gasteiger charge is 2.21. The molecule has 0 spiro atoms. The fourth-order valence-corrected chi connectivity index (χ4v) is 2.19. The predicted octanol–water partition coefficient (Wildman–Crippen LogP) is 2.43. The highest BCUT2D eigenvalue weighted by molar-refractivity contribution is 5.97. The number of carbonyl (C=O) groups is 3. The van der Waals surface area contributed by atoms with Crippen LogP contribution in [-0.2, 0) is 14.3 Å². The molecule has 1 N–H and O–H groups in total. The Labute approximate surface area is 151 Å². The van der Waals surface area contributed by atoms with Crippen molar-refractivity contribution >= 4 is 23.7 Å². The monoisotopic (exact) mass is 359 g/mol. The van der Waals surface area contributed by atoms with Crippen molar-refractivity contribution in [2.75, 3.05) is 12.4 Å². The van der Waals surface area contributed by atoms with Crippen LogP contribution >= 0.6 is 0 Å². The van der Waals surface area contributed by atoms with Gasteiger partial charge in [-0.05, 0) is 45.0 Å². The van der Waals surface area contributed by atoms with Crippen LogP contribution in [0.5, 0.6) is 0 Å². The van der Waals surface area contributed by atoms with E-state index in [1.165, 1.54) is 38.3 Å². The molecule has 0 saturated carbocycles. The lowest BCUT2D eigenvalue weighted by Crippen LogP contribution is -2.31. The van der Waals surface area contributed by atoms with Crippen LogP contribution in [0.15, 0.2) is 36.5 Å². The molecule has 1 aromatic heterocycles. The lowest BCUT2D eigenvalue weighted by molar-refractivity contribution is -0.123. The minimum absolute atomic E-state index is 0.0754. The summed E-state index contributed by atoms with van der Waals surface area (Å²) in [7, 11) is 1.27. The Morgan fingerprint density at radius 1 is 1.00 bits per heavy atom. The Hall–Kier alpha value is -3.16. The molecule has 1 atom stereocenters. The molecule has 0 fully saturated rings. The largest absolute Gasteiger partial charge is 0.465 e. The van der Waals surface area contributed by atoms with Gasteiger partial charge in [0.2, 0.25) is 0 Å². The Kier molecular flexibility index (Phi) is 6.11. The van der Waals surface area contributed by atoms with Gasteiger partial charge in [-0.2, -0.15) is 5.10 Å². The first-order chi connectivity index (χ1) is 12.3. The van der Waals surface area contributed by atoms with Crippen LogP contribution in [0.1, 0.15) is 47.5 Å². The van der Waals surface area contributed by atoms with E-state index in [-0.39, 0.29) is 11.6 Å². The highest BCUT2D eigenvalue weighted by Crippen LogP contribution is 2.14. The number of hydrogen-bond donors (Lipinski definition) is 1. The molecule has 0 aliphatic carbocycles. The summed E-state index contributed by atoms with van der Waals surface area (Å²) >= 11 is 0. The minimum Gasteiger partial charge on any atom is -0.465 e. The topological polar surface area (TPSA) is 99.5 Å². The second kappa shape index (κ2) is 8.28. The van der Waals surface area contributed by atoms with Gasteiger partial charge in [0.1, 0.15) is 5.82 Å². The summed E-state index contributed by atoms with van der Waals surface area (Å²) in [5, 5.41) is 6.81. The van der Waals surface area contributed by atoms with Crippen molar-refractivity contribution in [2.24, 2.45) is 0 Å². The van der Waals surface area contributed by atoms with Gasteiger partial charge in [0, 0.05) is 12.1 Å². The molecule has 0 bridgehead atoms. The van der Waals surface area contributed by atoms with Crippen LogP contribution in [0.4, 0.5) is 5.82 Å². The zero-order valence-corrected chi connectivity index (χ0v) is 15.1. The lowest BCUT2D eigenvalue weighted by atomic mass is 10.1. The van der Waals surface area contributed by atoms with Crippen molar-refractivity contribution in [1.29, 1.82) is 0 Å². The molecule has 2 rings (SSSR count). The molecule has 1 unspecified atom stereocenters. The molecule has 0 radical (unpaired) electrons. The first-order valence-electron chi connectivity index (χ1n) is 8.07. The van der Waals surface area contributed by atoms with Crippen molar-refractivity contribution in [1.82, 2.24) is 9.78 Å². The van der Waals surface area contributed by atoms with Crippen molar-refractivity contribution in [3.05, 3.63) is 47.7 Å². The Balaban J connectivity index is 1.98. The molecule has 1 amide bonds. The summed E-state index contributed by atoms with van der Waals surface area (Å²) in [6, 6.07) is 7.52. The predicted molar refractivity (Wildman–Crippen MR) is 93.9 cm³/mol. The van der Waals surface area contributed by atoms with E-state index in [0.29, 0.717) is 11.4 Å². The van der Waals surface area contributed by atoms with E-state index in [1.807, 2.05) is 13.8 Å². The van der Waals surface area contributed by atoms with Gasteiger partial charge in [-0.15, -0.1) is 0 Å². The number of benzene rings is 1. The molecule has 0 saturated heterocycles. The first-order valence-corrected chi connectivity index (χ1v) is 8.07. The molecule has 138 valence electrons. The smallest absolute Gasteiger partial charge is 0.338 e. The molecule has 1 aromatic carbocycles. The number of amides is 1. The SMILES string of the molecule is COC(=O)c1ccc(C(=O)OC(C)C(=O)Nc2ccnn2C(C)C)cc1. The third-order valence-electron chi connectivity index (χ3n) is 3.61. The number of nitrogens with zero attached hydrogens (tertiary/aromatic N) is 2. The third-order valence-corrected chi connectivity index (χ3v) is 3.61. The van der Waals surface area contributed by atoms with Crippen LogP contribution in [0, 0.1) is 0 Å². The van der Waals surface area contributed by atoms with Gasteiger partial charge in [-0.25, -0.2) is 14.3 Å². The van der Waals surface area contributed by atoms with E-state index in [0.717, 1.165) is 0 Å². The summed E-state index contributed by atoms with van der Waals surface area (Å²) < 4.78 is 11.4. The number of rotatable bonds is 6. The van der Waals surface area contributed by atoms with Crippen LogP contribution in [0.2, 0.25) is 0 Å². The number of nitrogens with one attached hydrogen (secondary N) is 1. The molecular formula is C18H21N3O5. The molecule has 26 heavy (non-hydrogen) atoms. The van der Waals surface area contributed by atoms with Crippen LogP contribution in [0.3, 0.4) is 0 Å². The number of ether oxygens (including phenoxy) is 2. The standard InChI is InChI=1S/C18H21N3O5/c1-11(2)21-15(9-10-19-21)20-16(22)12(3)26-18(24)14-7-5-13(6-8-14)17(23)25-4/h5-12H,1-4H3,(H,20,22). The average molecular weight is 359 g/mol. The second-order valence-electron chi connectivity index (χ2n) is 5.86. The summed E-state index contributed by atoms with van der Waals surface area (Å²) in [5.74, 6) is -1.11. The summed E-state index contributed by atoms with van der Waals surface area (Å²) in [4.78, 5) is 35.8. The summed E-state index contributed by atoms with van der Waals surface area (Å²) in [5.41, 5.74) is 0.543. The van der Waals surface area contributed by atoms with Crippen molar-refractivity contribution in [3.63, 3.8) is 0 Å². The van der Waals surface area contributed by atoms with Gasteiger partial charge in [-0.1, -0.05) is 0 Å². The van der Waals surface area contributed by atoms with Crippen LogP contribution < -0.4 is 5.32 Å². The van der Waals surface area contributed by atoms with Crippen molar-refractivity contribution < 1.29 is 23.9 Å². The maximum atomic E-state index is 12.2. The highest BCUT2D eigenvalue weighted by atomic mass is 16.5. The van der Waals surface area contributed by atoms with Gasteiger partial charge in [-0.3, -0.25) is 4.79 Å². The number of esters is 2. The van der Waals surface area contributed by atoms with Crippen LogP contribution in [0.25, 0.3) is 0 Å². The van der Waals surface area contributed by atoms with Gasteiger partial charge in [0.15, 0.2) is 6.10 Å². The lowest BCUT2D eigenvalue weighted by Gasteiger charge is -2.15. The molecule has 8 nitrogen and oxygen atoms in total. The van der Waals surface area contributed by atoms with E-state index in [2.05, 4.69) is 15.2 Å². The quantitative estimate of drug-likeness (QED) is 0.795. The second-order valence-corrected chi connectivity index (χ2v) is 5.86. The maximum absolute atomic E-state index is 12.2. The van der Waals surface area contributed by atoms with E-state index in [9.17, 15) is 14.4 Å². The van der Waals surface area contributed by atoms with Gasteiger partial charge in [0.05, 0.1) is 24.4 Å². The summed E-state index contributed by atoms with van der Waals surface area (Å²) in [6.45, 7) is 5.35. The van der Waals surface area contributed by atoms with E-state index < -0.39 is 23.9 Å². The molecule has 2 aromatic rings. The van der Waals surface area contributed by atoms with Gasteiger partial charge in [0.25, 0.3) is 5.91 Å². The van der Waals surface area contributed by atoms with Gasteiger partial charge < -0.3 is 14.8 Å². The van der Waals surface area contributed by atoms with Crippen LogP contribution in [-0.4, -0.2) is 40.8 Å². The normalized spacial score (nSPS) is 11.7. The van der Waals surface area contributed by atoms with Crippen molar-refractivity contribution in [3.8, 4) is 0 Å². The molecule has 0 aliphatic rings. The number of hydrogen-bond acceptors (Lipinski definition) is 6. The fraction of sp³-hybridized carbons (Fsp3) is 0.333. The summed E-state index contributed by atoms with van der Waals surface area (Å²) in [6.07, 6.45) is 0.577. The third kappa shape index (κ3) is 4.47. The number of anilines is 1. The minimum atomic E-state index is -1.00. The molecule has 8 heteroatoms. The fourth-order valence-electron chi connectivity index (χ4n) is 2.19. The zero-order valence-electron chi connectivity index (χ0n) is 15.1. The Morgan fingerprint density at radius 2 is 1.58 bits per heavy atom. The maximum Gasteiger partial charge on any atom is 0.338 e. The van der Waals surface area contributed by atoms with E-state index >= 15 is 0 Å². The van der Waals surface area contributed by atoms with E-state index in [1.54, 1.807) is 16.9 Å². The first kappa shape index (κ1) is 19.2. The number of methoxy groups -OCH3 is 1. The zero-order chi connectivity index (χ0) is 19.3. The molecular weight excluding hydrogens is 338 g/mol. The van der Waals surface area contributed by atoms with E-state index in [4.69, 9.17) is 4.74 Å². The van der Waals surface area contributed by atoms with Gasteiger partial charge >= 0.3 is 11.9 Å². The molecule has 0 aliphatic heterocycles. The molecule has 1 heterocycles. The Morgan fingerprint density at radius 3 is 2.12 bits per heavy atom. The average Bonchev–Trinajstić information content (AvgIpc) is 3.09. The Bertz CT molecular complexity index is 795. The van der Waals surface area contributed by atoms with Crippen molar-refractivity contribution in [2.45, 2.75) is 32.9 Å². The number of aromatic nitrogens is 2.